The van der Waals surface area contributed by atoms with Crippen molar-refractivity contribution in [3.05, 3.63) is 130 Å². The first kappa shape index (κ1) is 71.5. The molecule has 4 nitrogen and oxygen atoms in total. The molecule has 90 heavy (non-hydrogen) atoms. The number of hydrogen-bond acceptors (Lipinski definition) is 6. The third kappa shape index (κ3) is 22.4. The highest BCUT2D eigenvalue weighted by Gasteiger charge is 2.50. The largest absolute Gasteiger partial charge is 0.306 e. The van der Waals surface area contributed by atoms with E-state index >= 15 is 9.59 Å². The molecule has 2 amide bonds. The monoisotopic (exact) mass is 1290 g/mol. The van der Waals surface area contributed by atoms with E-state index in [1.54, 1.807) is 22.7 Å². The molecule has 0 saturated carbocycles. The maximum atomic E-state index is 16.4. The number of benzene rings is 2. The van der Waals surface area contributed by atoms with Gasteiger partial charge in [-0.15, -0.1) is 45.3 Å². The molecule has 490 valence electrons. The highest BCUT2D eigenvalue weighted by molar-refractivity contribution is 7.25. The number of rotatable bonds is 50. The predicted octanol–water partition coefficient (Wildman–Crippen LogP) is 27.3. The number of nitrogens with zero attached hydrogens (tertiary/aromatic N) is 2. The fraction of sp³-hybridized carbons (Fsp3) is 0.585. The molecule has 4 aromatic heterocycles. The van der Waals surface area contributed by atoms with Gasteiger partial charge in [0.05, 0.1) is 32.3 Å². The molecule has 0 aliphatic carbocycles. The number of carbonyl (C=O) groups is 2. The summed E-state index contributed by atoms with van der Waals surface area (Å²) in [6, 6.07) is 39.5. The van der Waals surface area contributed by atoms with Gasteiger partial charge in [-0.2, -0.15) is 0 Å². The quantitative estimate of drug-likeness (QED) is 0.0357. The van der Waals surface area contributed by atoms with Crippen LogP contribution in [0.4, 0.5) is 0 Å². The van der Waals surface area contributed by atoms with Gasteiger partial charge in [-0.3, -0.25) is 9.59 Å². The number of fused-ring (bicyclic) bond motifs is 1. The van der Waals surface area contributed by atoms with Gasteiger partial charge in [-0.05, 0) is 97.2 Å². The van der Waals surface area contributed by atoms with Crippen molar-refractivity contribution in [1.82, 2.24) is 9.80 Å². The Morgan fingerprint density at radius 1 is 0.267 bits per heavy atom. The Hall–Kier alpha value is -4.34. The Balaban J connectivity index is 1.14. The normalized spacial score (nSPS) is 14.1. The third-order valence-corrected chi connectivity index (χ3v) is 24.3. The highest BCUT2D eigenvalue weighted by atomic mass is 32.1. The lowest BCUT2D eigenvalue weighted by Crippen LogP contribution is -2.34. The summed E-state index contributed by atoms with van der Waals surface area (Å²) in [5.41, 5.74) is 5.52. The van der Waals surface area contributed by atoms with Crippen LogP contribution in [-0.4, -0.2) is 34.7 Å². The summed E-state index contributed by atoms with van der Waals surface area (Å²) in [5, 5.41) is 0. The van der Waals surface area contributed by atoms with Crippen molar-refractivity contribution in [2.45, 2.75) is 285 Å². The minimum atomic E-state index is 0.0408. The van der Waals surface area contributed by atoms with Crippen molar-refractivity contribution in [3.63, 3.8) is 0 Å². The van der Waals surface area contributed by atoms with E-state index in [9.17, 15) is 0 Å². The van der Waals surface area contributed by atoms with Crippen molar-refractivity contribution in [1.29, 1.82) is 0 Å². The van der Waals surface area contributed by atoms with Crippen LogP contribution in [0.1, 0.15) is 294 Å². The summed E-state index contributed by atoms with van der Waals surface area (Å²) >= 11 is 7.21. The average molecular weight is 1290 g/mol. The van der Waals surface area contributed by atoms with E-state index in [-0.39, 0.29) is 11.8 Å². The summed E-state index contributed by atoms with van der Waals surface area (Å²) in [6.45, 7) is 10.5. The van der Waals surface area contributed by atoms with E-state index in [4.69, 9.17) is 0 Å². The molecule has 2 aliphatic rings. The number of amides is 2. The van der Waals surface area contributed by atoms with Gasteiger partial charge in [0.1, 0.15) is 0 Å². The molecule has 2 atom stereocenters. The maximum Gasteiger partial charge on any atom is 0.261 e. The number of hydrogen-bond donors (Lipinski definition) is 0. The molecule has 0 spiro atoms. The van der Waals surface area contributed by atoms with Gasteiger partial charge in [-0.1, -0.05) is 320 Å². The topological polar surface area (TPSA) is 40.6 Å². The first-order valence-corrected chi connectivity index (χ1v) is 40.3. The zero-order valence-electron chi connectivity index (χ0n) is 56.6. The number of thiophene rings is 4. The summed E-state index contributed by atoms with van der Waals surface area (Å²) < 4.78 is 0. The van der Waals surface area contributed by atoms with Gasteiger partial charge in [0.25, 0.3) is 11.8 Å². The van der Waals surface area contributed by atoms with E-state index in [0.717, 1.165) is 46.8 Å². The van der Waals surface area contributed by atoms with E-state index in [0.29, 0.717) is 36.1 Å². The van der Waals surface area contributed by atoms with Gasteiger partial charge in [-0.25, -0.2) is 0 Å². The van der Waals surface area contributed by atoms with Crippen LogP contribution in [-0.2, 0) is 9.59 Å². The minimum Gasteiger partial charge on any atom is -0.306 e. The molecule has 2 aromatic carbocycles. The van der Waals surface area contributed by atoms with Crippen LogP contribution in [0.15, 0.2) is 120 Å². The Kier molecular flexibility index (Phi) is 32.9. The molecule has 0 N–H and O–H groups in total. The number of carbonyl (C=O) groups excluding carboxylic acids is 2. The fourth-order valence-electron chi connectivity index (χ4n) is 14.1. The van der Waals surface area contributed by atoms with Crippen LogP contribution in [0.25, 0.3) is 51.8 Å². The van der Waals surface area contributed by atoms with Crippen molar-refractivity contribution in [2.75, 3.05) is 13.1 Å². The summed E-state index contributed by atoms with van der Waals surface area (Å²) in [6.07, 6.45) is 51.6. The van der Waals surface area contributed by atoms with Gasteiger partial charge in [0.2, 0.25) is 0 Å². The molecule has 0 radical (unpaired) electrons. The van der Waals surface area contributed by atoms with E-state index in [1.165, 1.54) is 272 Å². The summed E-state index contributed by atoms with van der Waals surface area (Å²) in [4.78, 5) is 46.4. The maximum absolute atomic E-state index is 16.4. The lowest BCUT2D eigenvalue weighted by Gasteiger charge is -2.29. The fourth-order valence-corrected chi connectivity index (χ4v) is 18.4. The smallest absolute Gasteiger partial charge is 0.261 e. The second kappa shape index (κ2) is 41.4. The Labute approximate surface area is 563 Å². The van der Waals surface area contributed by atoms with Crippen LogP contribution >= 0.6 is 45.3 Å². The van der Waals surface area contributed by atoms with E-state index in [1.807, 2.05) is 22.7 Å². The molecular formula is C82H116N2O2S4. The molecule has 8 heteroatoms. The lowest BCUT2D eigenvalue weighted by atomic mass is 9.93. The van der Waals surface area contributed by atoms with Crippen LogP contribution in [0.5, 0.6) is 0 Å². The van der Waals surface area contributed by atoms with E-state index < -0.39 is 0 Å². The number of unbranched alkanes of at least 4 members (excludes halogenated alkanes) is 32. The van der Waals surface area contributed by atoms with Crippen molar-refractivity contribution < 1.29 is 9.59 Å². The molecular weight excluding hydrogens is 1170 g/mol. The van der Waals surface area contributed by atoms with Gasteiger partial charge in [0.15, 0.2) is 0 Å². The Bertz CT molecular complexity index is 2810. The van der Waals surface area contributed by atoms with Gasteiger partial charge >= 0.3 is 0 Å². The average Bonchev–Trinajstić information content (AvgIpc) is 1.57. The van der Waals surface area contributed by atoms with Gasteiger partial charge in [0, 0.05) is 42.4 Å². The molecule has 6 aromatic rings. The lowest BCUT2D eigenvalue weighted by molar-refractivity contribution is -0.124. The molecule has 0 bridgehead atoms. The summed E-state index contributed by atoms with van der Waals surface area (Å²) in [7, 11) is 0. The second-order valence-electron chi connectivity index (χ2n) is 26.9. The Morgan fingerprint density at radius 2 is 0.489 bits per heavy atom. The van der Waals surface area contributed by atoms with Crippen LogP contribution < -0.4 is 0 Å². The van der Waals surface area contributed by atoms with Gasteiger partial charge < -0.3 is 9.80 Å². The molecule has 2 aliphatic heterocycles. The minimum absolute atomic E-state index is 0.0408. The molecule has 2 unspecified atom stereocenters. The van der Waals surface area contributed by atoms with Crippen molar-refractivity contribution in [2.24, 2.45) is 11.8 Å². The van der Waals surface area contributed by atoms with E-state index in [2.05, 4.69) is 147 Å². The van der Waals surface area contributed by atoms with Crippen LogP contribution in [0.2, 0.25) is 0 Å². The summed E-state index contributed by atoms with van der Waals surface area (Å²) in [5.74, 6) is 0.806. The van der Waals surface area contributed by atoms with Crippen LogP contribution in [0.3, 0.4) is 0 Å². The molecule has 0 fully saturated rings. The highest BCUT2D eigenvalue weighted by Crippen LogP contribution is 2.52. The third-order valence-electron chi connectivity index (χ3n) is 19.4. The zero-order chi connectivity index (χ0) is 62.8. The predicted molar refractivity (Wildman–Crippen MR) is 398 cm³/mol. The first-order valence-electron chi connectivity index (χ1n) is 37.1. The second-order valence-corrected chi connectivity index (χ2v) is 31.2. The SMILES string of the molecule is CCCCCCCCCCCCC(CCCCCCCCCC)CN1C(=O)C2=C(c3ccc(-c4ccc(-c5ccccc5)s4)s3)N(CC(CCCCCCCCCC)CCCCCCCCCCCC)C(=O)C2=C1c1ccc(-c2ccc(-c3ccccc3)s2)s1. The molecule has 6 heterocycles. The Morgan fingerprint density at radius 3 is 0.756 bits per heavy atom. The standard InChI is InChI=1S/C82H116N2O2S4/c1-5-9-13-17-21-25-27-31-35-41-49-65(47-39-33-29-23-19-15-11-7-3)63-83-79(75-61-59-73(89-75)71-57-55-69(87-71)67-51-43-37-44-52-67)77-78(81(83)85)80(76-62-60-74(90-76)72-58-56-70(88-72)68-53-45-38-46-54-68)84(82(77)86)64-66(48-40-34-30-24-20-16-12-8-4)50-42-36-32-28-26-22-18-14-10-6-2/h37-38,43-46,51-62,65-66H,5-36,39-42,47-50,63-64H2,1-4H3. The molecule has 0 saturated heterocycles. The van der Waals surface area contributed by atoms with Crippen molar-refractivity contribution >= 4 is 68.6 Å². The molecule has 8 rings (SSSR count). The van der Waals surface area contributed by atoms with Crippen LogP contribution in [0, 0.1) is 11.8 Å². The zero-order valence-corrected chi connectivity index (χ0v) is 59.9. The van der Waals surface area contributed by atoms with Crippen molar-refractivity contribution in [3.8, 4) is 40.4 Å². The first-order chi connectivity index (χ1) is 44.4.